The first kappa shape index (κ1) is 14.5. The Hall–Kier alpha value is -0.120. The van der Waals surface area contributed by atoms with Gasteiger partial charge in [-0.3, -0.25) is 9.80 Å². The van der Waals surface area contributed by atoms with Crippen molar-refractivity contribution >= 4 is 0 Å². The second-order valence-electron chi connectivity index (χ2n) is 8.93. The summed E-state index contributed by atoms with van der Waals surface area (Å²) >= 11 is 0. The minimum atomic E-state index is 0.769. The van der Waals surface area contributed by atoms with Crippen molar-refractivity contribution in [1.29, 1.82) is 0 Å². The average molecular weight is 291 g/mol. The molecule has 1 aliphatic carbocycles. The third kappa shape index (κ3) is 2.55. The van der Waals surface area contributed by atoms with E-state index >= 15 is 0 Å². The molecule has 0 N–H and O–H groups in total. The van der Waals surface area contributed by atoms with E-state index in [-0.39, 0.29) is 0 Å². The molecule has 3 heterocycles. The molecule has 1 spiro atoms. The van der Waals surface area contributed by atoms with Crippen molar-refractivity contribution in [2.45, 2.75) is 51.6 Å². The van der Waals surface area contributed by atoms with E-state index in [4.69, 9.17) is 0 Å². The lowest BCUT2D eigenvalue weighted by atomic mass is 9.55. The van der Waals surface area contributed by atoms with Crippen molar-refractivity contribution in [3.63, 3.8) is 0 Å². The lowest BCUT2D eigenvalue weighted by Crippen LogP contribution is -2.69. The first-order valence-electron chi connectivity index (χ1n) is 9.21. The van der Waals surface area contributed by atoms with Crippen LogP contribution in [0.25, 0.3) is 0 Å². The quantitative estimate of drug-likeness (QED) is 0.789. The van der Waals surface area contributed by atoms with Gasteiger partial charge in [0.15, 0.2) is 0 Å². The average Bonchev–Trinajstić information content (AvgIpc) is 2.32. The monoisotopic (exact) mass is 291 g/mol. The standard InChI is InChI=1S/C18H33N3/c1-14(2)15-8-18(9-15)4-6-20(7-5-18)17-12-21(13-17)16-10-19(3)11-16/h14-17H,4-13H2,1-3H3. The van der Waals surface area contributed by atoms with Gasteiger partial charge in [0.05, 0.1) is 0 Å². The molecule has 3 nitrogen and oxygen atoms in total. The van der Waals surface area contributed by atoms with Crippen LogP contribution in [0.15, 0.2) is 0 Å². The Bertz CT molecular complexity index is 366. The van der Waals surface area contributed by atoms with Crippen LogP contribution in [0, 0.1) is 17.3 Å². The molecule has 3 aliphatic heterocycles. The van der Waals surface area contributed by atoms with Gasteiger partial charge < -0.3 is 4.90 Å². The molecule has 4 rings (SSSR count). The van der Waals surface area contributed by atoms with Gasteiger partial charge in [-0.25, -0.2) is 0 Å². The largest absolute Gasteiger partial charge is 0.303 e. The highest BCUT2D eigenvalue weighted by atomic mass is 15.4. The summed E-state index contributed by atoms with van der Waals surface area (Å²) in [5.74, 6) is 1.95. The van der Waals surface area contributed by atoms with Gasteiger partial charge in [0.25, 0.3) is 0 Å². The molecule has 4 fully saturated rings. The summed E-state index contributed by atoms with van der Waals surface area (Å²) in [6.07, 6.45) is 6.03. The second kappa shape index (κ2) is 5.21. The number of likely N-dealkylation sites (tertiary alicyclic amines) is 3. The number of rotatable bonds is 3. The van der Waals surface area contributed by atoms with E-state index in [2.05, 4.69) is 35.6 Å². The molecule has 0 aromatic rings. The second-order valence-corrected chi connectivity index (χ2v) is 8.93. The number of nitrogens with zero attached hydrogens (tertiary/aromatic N) is 3. The summed E-state index contributed by atoms with van der Waals surface area (Å²) in [6.45, 7) is 12.9. The van der Waals surface area contributed by atoms with Crippen molar-refractivity contribution in [2.75, 3.05) is 46.3 Å². The fraction of sp³-hybridized carbons (Fsp3) is 1.00. The van der Waals surface area contributed by atoms with Crippen LogP contribution < -0.4 is 0 Å². The lowest BCUT2D eigenvalue weighted by molar-refractivity contribution is -0.0823. The highest BCUT2D eigenvalue weighted by molar-refractivity contribution is 5.02. The summed E-state index contributed by atoms with van der Waals surface area (Å²) in [4.78, 5) is 7.96. The summed E-state index contributed by atoms with van der Waals surface area (Å²) in [6, 6.07) is 1.76. The predicted molar refractivity (Wildman–Crippen MR) is 87.4 cm³/mol. The summed E-state index contributed by atoms with van der Waals surface area (Å²) < 4.78 is 0. The van der Waals surface area contributed by atoms with Crippen molar-refractivity contribution in [2.24, 2.45) is 17.3 Å². The van der Waals surface area contributed by atoms with Gasteiger partial charge in [0.2, 0.25) is 0 Å². The number of likely N-dealkylation sites (N-methyl/N-ethyl adjacent to an activating group) is 1. The lowest BCUT2D eigenvalue weighted by Gasteiger charge is -2.58. The van der Waals surface area contributed by atoms with Crippen LogP contribution in [0.1, 0.15) is 39.5 Å². The van der Waals surface area contributed by atoms with Crippen molar-refractivity contribution < 1.29 is 0 Å². The van der Waals surface area contributed by atoms with E-state index in [1.54, 1.807) is 0 Å². The Morgan fingerprint density at radius 2 is 1.43 bits per heavy atom. The molecule has 0 aromatic heterocycles. The molecule has 3 heteroatoms. The van der Waals surface area contributed by atoms with E-state index in [1.165, 1.54) is 65.0 Å². The molecule has 4 aliphatic rings. The van der Waals surface area contributed by atoms with Gasteiger partial charge in [-0.2, -0.15) is 0 Å². The molecular weight excluding hydrogens is 258 g/mol. The van der Waals surface area contributed by atoms with Crippen molar-refractivity contribution in [1.82, 2.24) is 14.7 Å². The molecule has 0 radical (unpaired) electrons. The SMILES string of the molecule is CC(C)C1CC2(CCN(C3CN(C4CN(C)C4)C3)CC2)C1. The number of piperidine rings is 1. The Morgan fingerprint density at radius 3 is 1.95 bits per heavy atom. The Balaban J connectivity index is 1.19. The van der Waals surface area contributed by atoms with Crippen LogP contribution in [0.2, 0.25) is 0 Å². The van der Waals surface area contributed by atoms with Crippen molar-refractivity contribution in [3.05, 3.63) is 0 Å². The van der Waals surface area contributed by atoms with Crippen LogP contribution in [0.3, 0.4) is 0 Å². The smallest absolute Gasteiger partial charge is 0.0351 e. The topological polar surface area (TPSA) is 9.72 Å². The van der Waals surface area contributed by atoms with Crippen LogP contribution in [-0.2, 0) is 0 Å². The zero-order valence-corrected chi connectivity index (χ0v) is 14.2. The molecule has 0 unspecified atom stereocenters. The van der Waals surface area contributed by atoms with Crippen LogP contribution >= 0.6 is 0 Å². The van der Waals surface area contributed by atoms with Crippen LogP contribution in [0.5, 0.6) is 0 Å². The van der Waals surface area contributed by atoms with Crippen LogP contribution in [0.4, 0.5) is 0 Å². The van der Waals surface area contributed by atoms with Gasteiger partial charge in [-0.1, -0.05) is 13.8 Å². The van der Waals surface area contributed by atoms with Gasteiger partial charge in [-0.05, 0) is 63.1 Å². The maximum atomic E-state index is 2.81. The summed E-state index contributed by atoms with van der Waals surface area (Å²) in [7, 11) is 2.24. The highest BCUT2D eigenvalue weighted by Gasteiger charge is 2.48. The third-order valence-electron chi connectivity index (χ3n) is 7.16. The molecule has 0 bridgehead atoms. The highest BCUT2D eigenvalue weighted by Crippen LogP contribution is 2.55. The van der Waals surface area contributed by atoms with E-state index in [1.807, 2.05) is 0 Å². The first-order chi connectivity index (χ1) is 10.0. The first-order valence-corrected chi connectivity index (χ1v) is 9.21. The summed E-state index contributed by atoms with van der Waals surface area (Å²) in [5, 5.41) is 0. The minimum absolute atomic E-state index is 0.769. The maximum absolute atomic E-state index is 2.81. The molecule has 1 saturated carbocycles. The van der Waals surface area contributed by atoms with Gasteiger partial charge >= 0.3 is 0 Å². The predicted octanol–water partition coefficient (Wildman–Crippen LogP) is 2.13. The van der Waals surface area contributed by atoms with Gasteiger partial charge in [0.1, 0.15) is 0 Å². The summed E-state index contributed by atoms with van der Waals surface area (Å²) in [5.41, 5.74) is 0.769. The van der Waals surface area contributed by atoms with E-state index in [9.17, 15) is 0 Å². The zero-order chi connectivity index (χ0) is 14.6. The molecule has 120 valence electrons. The Labute approximate surface area is 130 Å². The minimum Gasteiger partial charge on any atom is -0.303 e. The van der Waals surface area contributed by atoms with Crippen LogP contribution in [-0.4, -0.2) is 73.1 Å². The molecule has 0 aromatic carbocycles. The van der Waals surface area contributed by atoms with E-state index < -0.39 is 0 Å². The van der Waals surface area contributed by atoms with Gasteiger partial charge in [-0.15, -0.1) is 0 Å². The maximum Gasteiger partial charge on any atom is 0.0351 e. The fourth-order valence-corrected chi connectivity index (χ4v) is 5.21. The molecule has 3 saturated heterocycles. The van der Waals surface area contributed by atoms with E-state index in [0.717, 1.165) is 29.3 Å². The van der Waals surface area contributed by atoms with Gasteiger partial charge in [0, 0.05) is 38.3 Å². The third-order valence-corrected chi connectivity index (χ3v) is 7.16. The van der Waals surface area contributed by atoms with Crippen molar-refractivity contribution in [3.8, 4) is 0 Å². The van der Waals surface area contributed by atoms with E-state index in [0.29, 0.717) is 0 Å². The Kier molecular flexibility index (Phi) is 3.59. The number of hydrogen-bond acceptors (Lipinski definition) is 3. The Morgan fingerprint density at radius 1 is 0.857 bits per heavy atom. The normalized spacial score (nSPS) is 33.1. The number of hydrogen-bond donors (Lipinski definition) is 0. The fourth-order valence-electron chi connectivity index (χ4n) is 5.21. The molecule has 0 amide bonds. The zero-order valence-electron chi connectivity index (χ0n) is 14.2. The molecular formula is C18H33N3. The molecule has 0 atom stereocenters. The molecule has 21 heavy (non-hydrogen) atoms.